The van der Waals surface area contributed by atoms with Gasteiger partial charge >= 0.3 is 0 Å². The van der Waals surface area contributed by atoms with Gasteiger partial charge < -0.3 is 10.2 Å². The minimum Gasteiger partial charge on any atom is -0.368 e. The maximum Gasteiger partial charge on any atom is 0.270 e. The molecule has 2 heterocycles. The van der Waals surface area contributed by atoms with Gasteiger partial charge in [0.05, 0.1) is 10.4 Å². The first-order valence-electron chi connectivity index (χ1n) is 6.66. The number of benzene rings is 1. The van der Waals surface area contributed by atoms with Gasteiger partial charge in [-0.1, -0.05) is 0 Å². The Bertz CT molecular complexity index is 659. The largest absolute Gasteiger partial charge is 0.368 e. The summed E-state index contributed by atoms with van der Waals surface area (Å²) in [4.78, 5) is 17.1. The number of nitrogens with zero attached hydrogens (tertiary/aromatic N) is 3. The summed E-state index contributed by atoms with van der Waals surface area (Å²) in [5.41, 5.74) is 1.92. The number of piperazine rings is 1. The molecule has 1 saturated heterocycles. The number of pyridine rings is 1. The Kier molecular flexibility index (Phi) is 3.23. The molecule has 6 heteroatoms. The smallest absolute Gasteiger partial charge is 0.270 e. The van der Waals surface area contributed by atoms with Crippen LogP contribution in [0, 0.1) is 10.1 Å². The molecule has 0 amide bonds. The van der Waals surface area contributed by atoms with Crippen molar-refractivity contribution in [1.29, 1.82) is 0 Å². The lowest BCUT2D eigenvalue weighted by atomic mass is 10.1. The molecule has 0 spiro atoms. The molecule has 1 atom stereocenters. The highest BCUT2D eigenvalue weighted by Crippen LogP contribution is 2.29. The quantitative estimate of drug-likeness (QED) is 0.668. The number of fused-ring (bicyclic) bond motifs is 1. The van der Waals surface area contributed by atoms with E-state index in [1.54, 1.807) is 18.3 Å². The maximum absolute atomic E-state index is 10.9. The Morgan fingerprint density at radius 2 is 2.30 bits per heavy atom. The van der Waals surface area contributed by atoms with Gasteiger partial charge in [-0.15, -0.1) is 0 Å². The lowest BCUT2D eigenvalue weighted by Crippen LogP contribution is -2.49. The molecule has 1 aromatic heterocycles. The summed E-state index contributed by atoms with van der Waals surface area (Å²) in [6.45, 7) is 4.84. The van der Waals surface area contributed by atoms with Crippen molar-refractivity contribution in [2.75, 3.05) is 24.5 Å². The van der Waals surface area contributed by atoms with Crippen LogP contribution in [0.4, 0.5) is 11.4 Å². The Morgan fingerprint density at radius 3 is 3.05 bits per heavy atom. The first kappa shape index (κ1) is 12.8. The Labute approximate surface area is 116 Å². The zero-order chi connectivity index (χ0) is 14.1. The third kappa shape index (κ3) is 2.30. The van der Waals surface area contributed by atoms with Crippen LogP contribution in [0.15, 0.2) is 30.5 Å². The molecular weight excluding hydrogens is 256 g/mol. The Morgan fingerprint density at radius 1 is 1.45 bits per heavy atom. The topological polar surface area (TPSA) is 71.3 Å². The van der Waals surface area contributed by atoms with Crippen molar-refractivity contribution in [1.82, 2.24) is 10.3 Å². The summed E-state index contributed by atoms with van der Waals surface area (Å²) in [6.07, 6.45) is 1.76. The minimum atomic E-state index is -0.364. The van der Waals surface area contributed by atoms with Gasteiger partial charge in [-0.2, -0.15) is 0 Å². The molecule has 20 heavy (non-hydrogen) atoms. The first-order chi connectivity index (χ1) is 9.65. The number of anilines is 1. The zero-order valence-electron chi connectivity index (χ0n) is 11.2. The number of aromatic nitrogens is 1. The van der Waals surface area contributed by atoms with Gasteiger partial charge in [0.15, 0.2) is 0 Å². The number of nitro groups is 1. The van der Waals surface area contributed by atoms with Gasteiger partial charge in [-0.05, 0) is 19.1 Å². The van der Waals surface area contributed by atoms with Crippen molar-refractivity contribution in [3.05, 3.63) is 40.6 Å². The lowest BCUT2D eigenvalue weighted by molar-refractivity contribution is -0.384. The highest BCUT2D eigenvalue weighted by atomic mass is 16.6. The van der Waals surface area contributed by atoms with Crippen LogP contribution in [0.3, 0.4) is 0 Å². The van der Waals surface area contributed by atoms with Crippen LogP contribution in [-0.4, -0.2) is 35.6 Å². The molecule has 104 valence electrons. The fraction of sp³-hybridized carbons (Fsp3) is 0.357. The van der Waals surface area contributed by atoms with Crippen LogP contribution >= 0.6 is 0 Å². The molecule has 0 radical (unpaired) electrons. The van der Waals surface area contributed by atoms with Crippen LogP contribution in [0.5, 0.6) is 0 Å². The average molecular weight is 272 g/mol. The van der Waals surface area contributed by atoms with Crippen molar-refractivity contribution in [3.63, 3.8) is 0 Å². The van der Waals surface area contributed by atoms with Gasteiger partial charge in [0.1, 0.15) is 0 Å². The van der Waals surface area contributed by atoms with E-state index in [1.807, 2.05) is 6.07 Å². The fourth-order valence-electron chi connectivity index (χ4n) is 2.66. The van der Waals surface area contributed by atoms with E-state index in [0.29, 0.717) is 6.04 Å². The van der Waals surface area contributed by atoms with Crippen molar-refractivity contribution >= 4 is 22.3 Å². The molecule has 6 nitrogen and oxygen atoms in total. The summed E-state index contributed by atoms with van der Waals surface area (Å²) in [7, 11) is 0. The summed E-state index contributed by atoms with van der Waals surface area (Å²) in [5, 5.41) is 15.2. The normalized spacial score (nSPS) is 19.2. The second kappa shape index (κ2) is 5.05. The molecule has 3 rings (SSSR count). The van der Waals surface area contributed by atoms with Gasteiger partial charge in [0, 0.05) is 55.1 Å². The molecule has 0 aliphatic carbocycles. The van der Waals surface area contributed by atoms with E-state index in [0.717, 1.165) is 36.2 Å². The van der Waals surface area contributed by atoms with Crippen LogP contribution < -0.4 is 10.2 Å². The fourth-order valence-corrected chi connectivity index (χ4v) is 2.66. The number of nitrogens with one attached hydrogen (secondary N) is 1. The molecule has 1 aliphatic heterocycles. The second-order valence-corrected chi connectivity index (χ2v) is 5.09. The minimum absolute atomic E-state index is 0.106. The summed E-state index contributed by atoms with van der Waals surface area (Å²) in [5.74, 6) is 0. The standard InChI is InChI=1S/C14H16N4O2/c1-10-9-17(7-6-15-10)14-4-5-16-13-3-2-11(18(19)20)8-12(13)14/h2-5,8,10,15H,6-7,9H2,1H3. The van der Waals surface area contributed by atoms with E-state index in [2.05, 4.69) is 22.1 Å². The van der Waals surface area contributed by atoms with Gasteiger partial charge in [-0.25, -0.2) is 0 Å². The van der Waals surface area contributed by atoms with Crippen LogP contribution in [0.1, 0.15) is 6.92 Å². The van der Waals surface area contributed by atoms with E-state index >= 15 is 0 Å². The van der Waals surface area contributed by atoms with Crippen LogP contribution in [0.25, 0.3) is 10.9 Å². The predicted octanol–water partition coefficient (Wildman–Crippen LogP) is 1.94. The number of non-ortho nitro benzene ring substituents is 1. The molecule has 2 aromatic rings. The number of rotatable bonds is 2. The van der Waals surface area contributed by atoms with Crippen LogP contribution in [0.2, 0.25) is 0 Å². The van der Waals surface area contributed by atoms with E-state index in [-0.39, 0.29) is 10.6 Å². The summed E-state index contributed by atoms with van der Waals surface area (Å²) >= 11 is 0. The third-order valence-electron chi connectivity index (χ3n) is 3.62. The van der Waals surface area contributed by atoms with Gasteiger partial charge in [0.25, 0.3) is 5.69 Å². The molecule has 1 N–H and O–H groups in total. The number of hydrogen-bond donors (Lipinski definition) is 1. The second-order valence-electron chi connectivity index (χ2n) is 5.09. The maximum atomic E-state index is 10.9. The third-order valence-corrected chi connectivity index (χ3v) is 3.62. The number of nitro benzene ring substituents is 1. The first-order valence-corrected chi connectivity index (χ1v) is 6.66. The molecule has 1 aliphatic rings. The van der Waals surface area contributed by atoms with E-state index in [4.69, 9.17) is 0 Å². The van der Waals surface area contributed by atoms with E-state index in [9.17, 15) is 10.1 Å². The Balaban J connectivity index is 2.09. The van der Waals surface area contributed by atoms with E-state index < -0.39 is 0 Å². The van der Waals surface area contributed by atoms with Crippen molar-refractivity contribution < 1.29 is 4.92 Å². The molecule has 1 fully saturated rings. The zero-order valence-corrected chi connectivity index (χ0v) is 11.2. The number of hydrogen-bond acceptors (Lipinski definition) is 5. The predicted molar refractivity (Wildman–Crippen MR) is 78.1 cm³/mol. The summed E-state index contributed by atoms with van der Waals surface area (Å²) in [6, 6.07) is 7.17. The molecule has 0 saturated carbocycles. The molecular formula is C14H16N4O2. The van der Waals surface area contributed by atoms with Crippen molar-refractivity contribution in [2.24, 2.45) is 0 Å². The average Bonchev–Trinajstić information content (AvgIpc) is 2.46. The molecule has 0 bridgehead atoms. The monoisotopic (exact) mass is 272 g/mol. The van der Waals surface area contributed by atoms with Gasteiger partial charge in [-0.3, -0.25) is 15.1 Å². The van der Waals surface area contributed by atoms with E-state index in [1.165, 1.54) is 6.07 Å². The lowest BCUT2D eigenvalue weighted by Gasteiger charge is -2.34. The Hall–Kier alpha value is -2.21. The SMILES string of the molecule is CC1CN(c2ccnc3ccc([N+](=O)[O-])cc23)CCN1. The molecule has 1 unspecified atom stereocenters. The van der Waals surface area contributed by atoms with Crippen molar-refractivity contribution in [2.45, 2.75) is 13.0 Å². The highest BCUT2D eigenvalue weighted by molar-refractivity contribution is 5.93. The highest BCUT2D eigenvalue weighted by Gasteiger charge is 2.19. The van der Waals surface area contributed by atoms with Crippen molar-refractivity contribution in [3.8, 4) is 0 Å². The van der Waals surface area contributed by atoms with Crippen LogP contribution in [-0.2, 0) is 0 Å². The molecule has 1 aromatic carbocycles. The van der Waals surface area contributed by atoms with Gasteiger partial charge in [0.2, 0.25) is 0 Å². The summed E-state index contributed by atoms with van der Waals surface area (Å²) < 4.78 is 0.